The fourth-order valence-corrected chi connectivity index (χ4v) is 1.60. The number of nitrogens with one attached hydrogen (secondary N) is 1. The fraction of sp³-hybridized carbons (Fsp3) is 0.143. The minimum absolute atomic E-state index is 0. The van der Waals surface area contributed by atoms with Crippen LogP contribution in [-0.4, -0.2) is 27.6 Å². The molecule has 1 N–H and O–H groups in total. The van der Waals surface area contributed by atoms with E-state index >= 15 is 0 Å². The fourth-order valence-electron chi connectivity index (χ4n) is 0.839. The molecular weight excluding hydrogens is 281 g/mol. The minimum atomic E-state index is -4.57. The Morgan fingerprint density at radius 3 is 2.29 bits per heavy atom. The van der Waals surface area contributed by atoms with Gasteiger partial charge in [0.25, 0.3) is 10.1 Å². The van der Waals surface area contributed by atoms with Crippen molar-refractivity contribution in [3.8, 4) is 0 Å². The minimum Gasteiger partial charge on any atom is -0.744 e. The first-order valence-electron chi connectivity index (χ1n) is 3.89. The van der Waals surface area contributed by atoms with Crippen LogP contribution in [0.1, 0.15) is 0 Å². The zero-order valence-corrected chi connectivity index (χ0v) is 12.7. The van der Waals surface area contributed by atoms with Crippen molar-refractivity contribution in [2.45, 2.75) is 4.90 Å². The summed E-state index contributed by atoms with van der Waals surface area (Å²) >= 11 is 0. The van der Waals surface area contributed by atoms with Crippen molar-refractivity contribution < 1.29 is 55.2 Å². The summed E-state index contributed by atoms with van der Waals surface area (Å²) < 4.78 is 57.4. The van der Waals surface area contributed by atoms with Crippen LogP contribution >= 0.6 is 0 Å². The van der Waals surface area contributed by atoms with E-state index in [1.54, 1.807) is 0 Å². The van der Waals surface area contributed by atoms with Gasteiger partial charge in [0.15, 0.2) is 0 Å². The summed E-state index contributed by atoms with van der Waals surface area (Å²) in [5.41, 5.74) is 2.05. The summed E-state index contributed by atoms with van der Waals surface area (Å²) in [4.78, 5) is -0.477. The molecule has 0 aromatic heterocycles. The summed E-state index contributed by atoms with van der Waals surface area (Å²) in [6.07, 6.45) is 0.814. The van der Waals surface area contributed by atoms with Gasteiger partial charge >= 0.3 is 29.6 Å². The van der Waals surface area contributed by atoms with E-state index < -0.39 is 25.1 Å². The van der Waals surface area contributed by atoms with Crippen molar-refractivity contribution in [3.05, 3.63) is 24.3 Å². The molecular formula is C7H8NNaO6S2. The quantitative estimate of drug-likeness (QED) is 0.355. The molecule has 0 unspecified atom stereocenters. The van der Waals surface area contributed by atoms with Crippen molar-refractivity contribution in [3.63, 3.8) is 0 Å². The Bertz CT molecular complexity index is 582. The van der Waals surface area contributed by atoms with E-state index in [-0.39, 0.29) is 35.2 Å². The van der Waals surface area contributed by atoms with E-state index in [1.807, 2.05) is 5.48 Å². The van der Waals surface area contributed by atoms with Gasteiger partial charge in [-0.2, -0.15) is 12.7 Å². The molecule has 17 heavy (non-hydrogen) atoms. The summed E-state index contributed by atoms with van der Waals surface area (Å²) in [5, 5.41) is 0. The first-order chi connectivity index (χ1) is 7.18. The van der Waals surface area contributed by atoms with E-state index in [1.165, 1.54) is 12.1 Å². The Hall–Kier alpha value is -0.160. The van der Waals surface area contributed by atoms with Gasteiger partial charge in [-0.05, 0) is 18.2 Å². The van der Waals surface area contributed by atoms with Crippen molar-refractivity contribution in [1.29, 1.82) is 0 Å². The van der Waals surface area contributed by atoms with Gasteiger partial charge in [-0.1, -0.05) is 6.07 Å². The molecule has 0 saturated heterocycles. The van der Waals surface area contributed by atoms with Crippen LogP contribution in [-0.2, 0) is 24.5 Å². The van der Waals surface area contributed by atoms with E-state index in [4.69, 9.17) is 0 Å². The Labute approximate surface area is 121 Å². The molecule has 7 nitrogen and oxygen atoms in total. The van der Waals surface area contributed by atoms with Gasteiger partial charge in [-0.25, -0.2) is 13.9 Å². The molecule has 90 valence electrons. The second-order valence-corrected chi connectivity index (χ2v) is 5.83. The maximum absolute atomic E-state index is 10.6. The zero-order chi connectivity index (χ0) is 12.4. The molecule has 0 heterocycles. The van der Waals surface area contributed by atoms with Crippen molar-refractivity contribution in [1.82, 2.24) is 0 Å². The average molecular weight is 289 g/mol. The van der Waals surface area contributed by atoms with Crippen LogP contribution in [0.5, 0.6) is 0 Å². The number of hydrogen-bond acceptors (Lipinski definition) is 7. The monoisotopic (exact) mass is 289 g/mol. The summed E-state index contributed by atoms with van der Waals surface area (Å²) in [5.74, 6) is 0. The van der Waals surface area contributed by atoms with Gasteiger partial charge in [-0.3, -0.25) is 0 Å². The van der Waals surface area contributed by atoms with Crippen molar-refractivity contribution in [2.24, 2.45) is 0 Å². The van der Waals surface area contributed by atoms with Gasteiger partial charge in [0.2, 0.25) is 0 Å². The molecule has 0 spiro atoms. The SMILES string of the molecule is CS(=O)(=O)ONc1cccc(S(=O)(=O)[O-])c1.[Na+]. The van der Waals surface area contributed by atoms with Crippen LogP contribution in [0.3, 0.4) is 0 Å². The molecule has 0 aliphatic rings. The standard InChI is InChI=1S/C7H9NO6S2.Na/c1-15(9,10)14-8-6-3-2-4-7(5-6)16(11,12)13;/h2-5,8H,1H3,(H,11,12,13);/q;+1/p-1. The second kappa shape index (κ2) is 6.14. The van der Waals surface area contributed by atoms with Gasteiger partial charge in [0.05, 0.1) is 16.8 Å². The third kappa shape index (κ3) is 6.36. The van der Waals surface area contributed by atoms with Crippen LogP contribution < -0.4 is 35.0 Å². The largest absolute Gasteiger partial charge is 1.00 e. The van der Waals surface area contributed by atoms with Gasteiger partial charge in [-0.15, -0.1) is 0 Å². The van der Waals surface area contributed by atoms with Crippen molar-refractivity contribution >= 4 is 25.9 Å². The normalized spacial score (nSPS) is 11.6. The molecule has 0 amide bonds. The number of hydrogen-bond donors (Lipinski definition) is 1. The molecule has 0 bridgehead atoms. The molecule has 0 radical (unpaired) electrons. The van der Waals surface area contributed by atoms with Gasteiger partial charge in [0, 0.05) is 0 Å². The Kier molecular flexibility index (Phi) is 6.08. The summed E-state index contributed by atoms with van der Waals surface area (Å²) in [6.45, 7) is 0. The van der Waals surface area contributed by atoms with E-state index in [9.17, 15) is 21.4 Å². The van der Waals surface area contributed by atoms with Crippen LogP contribution in [0, 0.1) is 0 Å². The number of rotatable bonds is 4. The van der Waals surface area contributed by atoms with Crippen LogP contribution in [0.25, 0.3) is 0 Å². The maximum Gasteiger partial charge on any atom is 1.00 e. The van der Waals surface area contributed by atoms with Gasteiger partial charge < -0.3 is 4.55 Å². The van der Waals surface area contributed by atoms with Crippen LogP contribution in [0.15, 0.2) is 29.2 Å². The van der Waals surface area contributed by atoms with E-state index in [0.717, 1.165) is 18.4 Å². The average Bonchev–Trinajstić information content (AvgIpc) is 2.13. The van der Waals surface area contributed by atoms with Crippen LogP contribution in [0.4, 0.5) is 5.69 Å². The third-order valence-electron chi connectivity index (χ3n) is 1.43. The molecule has 0 fully saturated rings. The second-order valence-electron chi connectivity index (χ2n) is 2.87. The first kappa shape index (κ1) is 16.8. The first-order valence-corrected chi connectivity index (χ1v) is 7.11. The molecule has 1 aromatic rings. The summed E-state index contributed by atoms with van der Waals surface area (Å²) in [6, 6.07) is 4.68. The molecule has 10 heteroatoms. The zero-order valence-electron chi connectivity index (χ0n) is 9.08. The molecule has 1 rings (SSSR count). The smallest absolute Gasteiger partial charge is 0.744 e. The van der Waals surface area contributed by atoms with E-state index in [2.05, 4.69) is 4.28 Å². The van der Waals surface area contributed by atoms with Crippen molar-refractivity contribution in [2.75, 3.05) is 11.7 Å². The number of anilines is 1. The maximum atomic E-state index is 10.6. The third-order valence-corrected chi connectivity index (χ3v) is 2.65. The molecule has 1 aromatic carbocycles. The van der Waals surface area contributed by atoms with E-state index in [0.29, 0.717) is 0 Å². The molecule has 0 saturated carbocycles. The Morgan fingerprint density at radius 2 is 1.82 bits per heavy atom. The topological polar surface area (TPSA) is 113 Å². The predicted molar refractivity (Wildman–Crippen MR) is 54.0 cm³/mol. The Morgan fingerprint density at radius 1 is 1.24 bits per heavy atom. The van der Waals surface area contributed by atoms with Crippen LogP contribution in [0.2, 0.25) is 0 Å². The van der Waals surface area contributed by atoms with Gasteiger partial charge in [0.1, 0.15) is 10.1 Å². The predicted octanol–water partition coefficient (Wildman–Crippen LogP) is -3.10. The molecule has 0 aliphatic carbocycles. The molecule has 0 aliphatic heterocycles. The molecule has 0 atom stereocenters. The summed E-state index contributed by atoms with van der Waals surface area (Å²) in [7, 11) is -8.28. The Balaban J connectivity index is 0.00000256. The number of benzene rings is 1.